The highest BCUT2D eigenvalue weighted by molar-refractivity contribution is 8.00. The number of carbonyl (C=O) groups excluding carboxylic acids is 1. The SMILES string of the molecule is C=CCC(=C)OC1C(OC)=C(OC)C(=O)C(SC)C1Cc1ccccc1.CC. The zero-order valence-electron chi connectivity index (χ0n) is 17.6. The van der Waals surface area contributed by atoms with Gasteiger partial charge in [0.1, 0.15) is 0 Å². The summed E-state index contributed by atoms with van der Waals surface area (Å²) in [6.07, 6.45) is 4.45. The van der Waals surface area contributed by atoms with Crippen LogP contribution in [-0.2, 0) is 25.4 Å². The number of thioether (sulfide) groups is 1. The fourth-order valence-electron chi connectivity index (χ4n) is 3.25. The van der Waals surface area contributed by atoms with Gasteiger partial charge in [-0.05, 0) is 18.2 Å². The topological polar surface area (TPSA) is 44.8 Å². The molecule has 3 unspecified atom stereocenters. The van der Waals surface area contributed by atoms with Gasteiger partial charge in [-0.2, -0.15) is 11.8 Å². The number of allylic oxidation sites excluding steroid dienone is 2. The van der Waals surface area contributed by atoms with Gasteiger partial charge in [-0.3, -0.25) is 4.79 Å². The van der Waals surface area contributed by atoms with E-state index in [0.717, 1.165) is 5.56 Å². The molecule has 154 valence electrons. The van der Waals surface area contributed by atoms with Crippen LogP contribution < -0.4 is 0 Å². The van der Waals surface area contributed by atoms with Gasteiger partial charge in [0, 0.05) is 12.3 Å². The molecule has 4 nitrogen and oxygen atoms in total. The summed E-state index contributed by atoms with van der Waals surface area (Å²) in [5.41, 5.74) is 1.14. The third-order valence-electron chi connectivity index (χ3n) is 4.40. The molecule has 1 aromatic carbocycles. The summed E-state index contributed by atoms with van der Waals surface area (Å²) in [5, 5.41) is -0.286. The maximum atomic E-state index is 12.9. The van der Waals surface area contributed by atoms with E-state index in [1.165, 1.54) is 26.0 Å². The van der Waals surface area contributed by atoms with E-state index < -0.39 is 6.10 Å². The van der Waals surface area contributed by atoms with Crippen LogP contribution >= 0.6 is 11.8 Å². The molecule has 2 rings (SSSR count). The van der Waals surface area contributed by atoms with E-state index in [9.17, 15) is 4.79 Å². The number of hydrogen-bond acceptors (Lipinski definition) is 5. The summed E-state index contributed by atoms with van der Waals surface area (Å²) in [6, 6.07) is 10.1. The minimum absolute atomic E-state index is 0.0630. The molecule has 28 heavy (non-hydrogen) atoms. The molecule has 5 heteroatoms. The highest BCUT2D eigenvalue weighted by Crippen LogP contribution is 2.39. The van der Waals surface area contributed by atoms with Crippen LogP contribution in [0.25, 0.3) is 0 Å². The molecule has 1 aliphatic carbocycles. The lowest BCUT2D eigenvalue weighted by Crippen LogP contribution is -2.45. The van der Waals surface area contributed by atoms with Gasteiger partial charge >= 0.3 is 0 Å². The second kappa shape index (κ2) is 12.3. The van der Waals surface area contributed by atoms with Crippen LogP contribution in [0.1, 0.15) is 25.8 Å². The van der Waals surface area contributed by atoms with Crippen molar-refractivity contribution in [3.63, 3.8) is 0 Å². The van der Waals surface area contributed by atoms with Crippen LogP contribution in [0.4, 0.5) is 0 Å². The van der Waals surface area contributed by atoms with Crippen LogP contribution in [0.2, 0.25) is 0 Å². The number of Topliss-reactive ketones (excluding diaryl/α,β-unsaturated/α-hetero) is 1. The lowest BCUT2D eigenvalue weighted by Gasteiger charge is -2.38. The van der Waals surface area contributed by atoms with Crippen molar-refractivity contribution >= 4 is 17.5 Å². The van der Waals surface area contributed by atoms with E-state index >= 15 is 0 Å². The lowest BCUT2D eigenvalue weighted by molar-refractivity contribution is -0.122. The van der Waals surface area contributed by atoms with E-state index in [0.29, 0.717) is 24.4 Å². The van der Waals surface area contributed by atoms with Gasteiger partial charge in [0.05, 0.1) is 25.2 Å². The normalized spacial score (nSPS) is 21.3. The summed E-state index contributed by atoms with van der Waals surface area (Å²) >= 11 is 1.51. The quantitative estimate of drug-likeness (QED) is 0.420. The molecule has 0 radical (unpaired) electrons. The van der Waals surface area contributed by atoms with E-state index in [1.807, 2.05) is 38.3 Å². The van der Waals surface area contributed by atoms with Gasteiger partial charge < -0.3 is 14.2 Å². The van der Waals surface area contributed by atoms with Crippen LogP contribution in [0, 0.1) is 5.92 Å². The molecular formula is C23H32O4S. The Kier molecular flexibility index (Phi) is 10.5. The van der Waals surface area contributed by atoms with Crippen molar-refractivity contribution in [2.45, 2.75) is 38.0 Å². The molecule has 3 atom stereocenters. The summed E-state index contributed by atoms with van der Waals surface area (Å²) in [4.78, 5) is 12.9. The molecule has 0 saturated heterocycles. The predicted molar refractivity (Wildman–Crippen MR) is 117 cm³/mol. The third-order valence-corrected chi connectivity index (χ3v) is 5.47. The number of rotatable bonds is 9. The molecular weight excluding hydrogens is 372 g/mol. The van der Waals surface area contributed by atoms with Gasteiger partial charge in [0.15, 0.2) is 11.9 Å². The second-order valence-corrected chi connectivity index (χ2v) is 7.02. The smallest absolute Gasteiger partial charge is 0.214 e. The van der Waals surface area contributed by atoms with Gasteiger partial charge in [0.25, 0.3) is 0 Å². The van der Waals surface area contributed by atoms with Crippen molar-refractivity contribution in [2.75, 3.05) is 20.5 Å². The van der Waals surface area contributed by atoms with Crippen molar-refractivity contribution in [3.8, 4) is 0 Å². The largest absolute Gasteiger partial charge is 0.493 e. The summed E-state index contributed by atoms with van der Waals surface area (Å²) < 4.78 is 17.1. The minimum atomic E-state index is -0.447. The Morgan fingerprint density at radius 1 is 1.18 bits per heavy atom. The maximum absolute atomic E-state index is 12.9. The van der Waals surface area contributed by atoms with Gasteiger partial charge in [0.2, 0.25) is 11.5 Å². The van der Waals surface area contributed by atoms with E-state index in [4.69, 9.17) is 14.2 Å². The highest BCUT2D eigenvalue weighted by atomic mass is 32.2. The average molecular weight is 405 g/mol. The molecule has 0 heterocycles. The van der Waals surface area contributed by atoms with Gasteiger partial charge in [-0.1, -0.05) is 56.8 Å². The molecule has 0 aromatic heterocycles. The number of ether oxygens (including phenoxy) is 3. The zero-order chi connectivity index (χ0) is 21.1. The van der Waals surface area contributed by atoms with Crippen molar-refractivity contribution in [1.29, 1.82) is 0 Å². The highest BCUT2D eigenvalue weighted by Gasteiger charge is 2.46. The number of carbonyl (C=O) groups is 1. The van der Waals surface area contributed by atoms with Crippen LogP contribution in [0.5, 0.6) is 0 Å². The summed E-state index contributed by atoms with van der Waals surface area (Å²) in [6.45, 7) is 11.7. The second-order valence-electron chi connectivity index (χ2n) is 6.05. The Morgan fingerprint density at radius 3 is 2.32 bits per heavy atom. The lowest BCUT2D eigenvalue weighted by atomic mass is 9.83. The molecule has 0 saturated carbocycles. The summed E-state index contributed by atoms with van der Waals surface area (Å²) in [7, 11) is 3.02. The van der Waals surface area contributed by atoms with E-state index in [1.54, 1.807) is 6.08 Å². The van der Waals surface area contributed by atoms with Crippen molar-refractivity contribution in [1.82, 2.24) is 0 Å². The van der Waals surface area contributed by atoms with E-state index in [2.05, 4.69) is 25.3 Å². The summed E-state index contributed by atoms with van der Waals surface area (Å²) in [5.74, 6) is 1.08. The first-order valence-corrected chi connectivity index (χ1v) is 10.7. The Labute approximate surface area is 173 Å². The Morgan fingerprint density at radius 2 is 1.82 bits per heavy atom. The molecule has 1 aliphatic rings. The number of ketones is 1. The molecule has 0 aliphatic heterocycles. The monoisotopic (exact) mass is 404 g/mol. The first-order chi connectivity index (χ1) is 13.6. The predicted octanol–water partition coefficient (Wildman–Crippen LogP) is 5.17. The number of hydrogen-bond donors (Lipinski definition) is 0. The first kappa shape index (κ1) is 23.9. The minimum Gasteiger partial charge on any atom is -0.493 e. The Balaban J connectivity index is 0.00000190. The van der Waals surface area contributed by atoms with Crippen molar-refractivity contribution < 1.29 is 19.0 Å². The molecule has 1 aromatic rings. The number of benzene rings is 1. The average Bonchev–Trinajstić information content (AvgIpc) is 2.72. The van der Waals surface area contributed by atoms with Crippen molar-refractivity contribution in [2.24, 2.45) is 5.92 Å². The van der Waals surface area contributed by atoms with Gasteiger partial charge in [-0.15, -0.1) is 6.58 Å². The van der Waals surface area contributed by atoms with Gasteiger partial charge in [-0.25, -0.2) is 0 Å². The standard InChI is InChI=1S/C21H26O4S.C2H6/c1-6-10-14(2)25-18-16(13-15-11-8-7-9-12-15)21(26-5)17(22)19(23-3)20(18)24-4;1-2/h6-9,11-12,16,18,21H,1-2,10,13H2,3-5H3;1-2H3. The Hall–Kier alpha value is -2.14. The van der Waals surface area contributed by atoms with Crippen LogP contribution in [-0.4, -0.2) is 37.6 Å². The van der Waals surface area contributed by atoms with Crippen molar-refractivity contribution in [3.05, 3.63) is 72.4 Å². The van der Waals surface area contributed by atoms with E-state index in [-0.39, 0.29) is 22.7 Å². The molecule has 0 spiro atoms. The fourth-order valence-corrected chi connectivity index (χ4v) is 4.16. The fraction of sp³-hybridized carbons (Fsp3) is 0.435. The molecule has 0 N–H and O–H groups in total. The molecule has 0 amide bonds. The zero-order valence-corrected chi connectivity index (χ0v) is 18.4. The van der Waals surface area contributed by atoms with Crippen LogP contribution in [0.15, 0.2) is 66.8 Å². The maximum Gasteiger partial charge on any atom is 0.214 e. The first-order valence-electron chi connectivity index (χ1n) is 9.45. The molecule has 0 bridgehead atoms. The third kappa shape index (κ3) is 5.68. The Bertz CT molecular complexity index is 681. The van der Waals surface area contributed by atoms with Crippen LogP contribution in [0.3, 0.4) is 0 Å². The molecule has 0 fully saturated rings. The number of methoxy groups -OCH3 is 2.